The van der Waals surface area contributed by atoms with Gasteiger partial charge in [0.1, 0.15) is 23.9 Å². The van der Waals surface area contributed by atoms with Crippen LogP contribution in [0, 0.1) is 0 Å². The molecule has 0 radical (unpaired) electrons. The SMILES string of the molecule is CN=C(NCCOc1ccccc1)NCc1cc(OC)ccc1OC(F)F. The van der Waals surface area contributed by atoms with Crippen LogP contribution in [0.1, 0.15) is 5.56 Å². The molecule has 27 heavy (non-hydrogen) atoms. The van der Waals surface area contributed by atoms with Crippen LogP contribution in [0.3, 0.4) is 0 Å². The number of rotatable bonds is 9. The summed E-state index contributed by atoms with van der Waals surface area (Å²) in [6.45, 7) is -1.69. The molecule has 0 saturated heterocycles. The van der Waals surface area contributed by atoms with E-state index in [0.29, 0.717) is 30.4 Å². The van der Waals surface area contributed by atoms with Crippen molar-refractivity contribution in [2.24, 2.45) is 4.99 Å². The van der Waals surface area contributed by atoms with Gasteiger partial charge in [-0.25, -0.2) is 0 Å². The quantitative estimate of drug-likeness (QED) is 0.398. The summed E-state index contributed by atoms with van der Waals surface area (Å²) in [5.41, 5.74) is 0.526. The molecular weight excluding hydrogens is 356 g/mol. The molecule has 2 aromatic rings. The molecule has 0 unspecified atom stereocenters. The number of nitrogens with zero attached hydrogens (tertiary/aromatic N) is 1. The maximum atomic E-state index is 12.6. The second kappa shape index (κ2) is 10.8. The van der Waals surface area contributed by atoms with Gasteiger partial charge in [0.2, 0.25) is 0 Å². The number of para-hydroxylation sites is 1. The highest BCUT2D eigenvalue weighted by Gasteiger charge is 2.11. The summed E-state index contributed by atoms with van der Waals surface area (Å²) in [5.74, 6) is 1.93. The molecule has 0 aliphatic carbocycles. The van der Waals surface area contributed by atoms with E-state index in [9.17, 15) is 8.78 Å². The number of halogens is 2. The Morgan fingerprint density at radius 1 is 1.07 bits per heavy atom. The zero-order valence-corrected chi connectivity index (χ0v) is 15.2. The Balaban J connectivity index is 1.85. The van der Waals surface area contributed by atoms with Crippen LogP contribution in [0.5, 0.6) is 17.2 Å². The van der Waals surface area contributed by atoms with Crippen LogP contribution in [0.25, 0.3) is 0 Å². The molecule has 0 fully saturated rings. The van der Waals surface area contributed by atoms with Gasteiger partial charge < -0.3 is 24.8 Å². The van der Waals surface area contributed by atoms with E-state index >= 15 is 0 Å². The van der Waals surface area contributed by atoms with Crippen LogP contribution in [-0.4, -0.2) is 39.9 Å². The number of nitrogens with one attached hydrogen (secondary N) is 2. The predicted octanol–water partition coefficient (Wildman–Crippen LogP) is 3.04. The maximum Gasteiger partial charge on any atom is 0.387 e. The Kier molecular flexibility index (Phi) is 8.15. The maximum absolute atomic E-state index is 12.6. The molecule has 2 aromatic carbocycles. The third-order valence-corrected chi connectivity index (χ3v) is 3.56. The molecule has 2 rings (SSSR count). The summed E-state index contributed by atoms with van der Waals surface area (Å²) < 4.78 is 40.4. The molecule has 0 atom stereocenters. The molecule has 0 saturated carbocycles. The number of alkyl halides is 2. The van der Waals surface area contributed by atoms with E-state index in [0.717, 1.165) is 5.75 Å². The highest BCUT2D eigenvalue weighted by Crippen LogP contribution is 2.25. The van der Waals surface area contributed by atoms with Crippen molar-refractivity contribution in [3.05, 3.63) is 54.1 Å². The van der Waals surface area contributed by atoms with E-state index in [2.05, 4.69) is 20.4 Å². The molecule has 6 nitrogen and oxygen atoms in total. The molecule has 2 N–H and O–H groups in total. The minimum Gasteiger partial charge on any atom is -0.497 e. The lowest BCUT2D eigenvalue weighted by molar-refractivity contribution is -0.0504. The van der Waals surface area contributed by atoms with Crippen molar-refractivity contribution in [2.75, 3.05) is 27.3 Å². The number of ether oxygens (including phenoxy) is 3. The Morgan fingerprint density at radius 2 is 1.85 bits per heavy atom. The minimum absolute atomic E-state index is 0.0844. The third-order valence-electron chi connectivity index (χ3n) is 3.56. The molecule has 0 heterocycles. The van der Waals surface area contributed by atoms with Crippen molar-refractivity contribution >= 4 is 5.96 Å². The summed E-state index contributed by atoms with van der Waals surface area (Å²) in [6, 6.07) is 14.1. The van der Waals surface area contributed by atoms with Gasteiger partial charge in [-0.2, -0.15) is 8.78 Å². The average molecular weight is 379 g/mol. The molecule has 0 aliphatic rings. The minimum atomic E-state index is -2.90. The van der Waals surface area contributed by atoms with Gasteiger partial charge in [-0.3, -0.25) is 4.99 Å². The zero-order chi connectivity index (χ0) is 19.5. The van der Waals surface area contributed by atoms with Gasteiger partial charge in [0.05, 0.1) is 13.7 Å². The number of methoxy groups -OCH3 is 1. The number of hydrogen-bond donors (Lipinski definition) is 2. The summed E-state index contributed by atoms with van der Waals surface area (Å²) in [5, 5.41) is 6.14. The topological polar surface area (TPSA) is 64.1 Å². The zero-order valence-electron chi connectivity index (χ0n) is 15.2. The fraction of sp³-hybridized carbons (Fsp3) is 0.316. The van der Waals surface area contributed by atoms with E-state index in [1.54, 1.807) is 19.2 Å². The van der Waals surface area contributed by atoms with Gasteiger partial charge in [-0.1, -0.05) is 18.2 Å². The second-order valence-electron chi connectivity index (χ2n) is 5.37. The van der Waals surface area contributed by atoms with Crippen molar-refractivity contribution < 1.29 is 23.0 Å². The van der Waals surface area contributed by atoms with E-state index in [4.69, 9.17) is 9.47 Å². The van der Waals surface area contributed by atoms with Crippen molar-refractivity contribution in [3.63, 3.8) is 0 Å². The highest BCUT2D eigenvalue weighted by atomic mass is 19.3. The summed E-state index contributed by atoms with van der Waals surface area (Å²) in [6.07, 6.45) is 0. The molecule has 0 aliphatic heterocycles. The molecule has 0 aromatic heterocycles. The first-order chi connectivity index (χ1) is 13.1. The Labute approximate surface area is 157 Å². The van der Waals surface area contributed by atoms with Crippen molar-refractivity contribution in [2.45, 2.75) is 13.2 Å². The molecule has 0 spiro atoms. The normalized spacial score (nSPS) is 11.2. The lowest BCUT2D eigenvalue weighted by Gasteiger charge is -2.15. The van der Waals surface area contributed by atoms with Crippen molar-refractivity contribution in [1.29, 1.82) is 0 Å². The van der Waals surface area contributed by atoms with E-state index in [1.165, 1.54) is 13.2 Å². The highest BCUT2D eigenvalue weighted by molar-refractivity contribution is 5.79. The van der Waals surface area contributed by atoms with Crippen LogP contribution in [0.4, 0.5) is 8.78 Å². The van der Waals surface area contributed by atoms with Gasteiger partial charge in [0.15, 0.2) is 5.96 Å². The van der Waals surface area contributed by atoms with Gasteiger partial charge in [0.25, 0.3) is 0 Å². The smallest absolute Gasteiger partial charge is 0.387 e. The van der Waals surface area contributed by atoms with Crippen LogP contribution in [0.15, 0.2) is 53.5 Å². The first-order valence-corrected chi connectivity index (χ1v) is 8.36. The van der Waals surface area contributed by atoms with E-state index < -0.39 is 6.61 Å². The van der Waals surface area contributed by atoms with Crippen LogP contribution < -0.4 is 24.8 Å². The van der Waals surface area contributed by atoms with E-state index in [-0.39, 0.29) is 12.3 Å². The Bertz CT molecular complexity index is 727. The van der Waals surface area contributed by atoms with Gasteiger partial charge in [-0.15, -0.1) is 0 Å². The standard InChI is InChI=1S/C19H23F2N3O3/c1-22-19(23-10-11-26-15-6-4-3-5-7-15)24-13-14-12-16(25-2)8-9-17(14)27-18(20)21/h3-9,12,18H,10-11,13H2,1-2H3,(H2,22,23,24). The largest absolute Gasteiger partial charge is 0.497 e. The van der Waals surface area contributed by atoms with Gasteiger partial charge >= 0.3 is 6.61 Å². The summed E-state index contributed by atoms with van der Waals surface area (Å²) >= 11 is 0. The molecular formula is C19H23F2N3O3. The first kappa shape index (κ1) is 20.3. The number of benzene rings is 2. The molecule has 146 valence electrons. The van der Waals surface area contributed by atoms with Crippen molar-refractivity contribution in [3.8, 4) is 17.2 Å². The lowest BCUT2D eigenvalue weighted by atomic mass is 10.2. The average Bonchev–Trinajstić information content (AvgIpc) is 2.68. The summed E-state index contributed by atoms with van der Waals surface area (Å²) in [4.78, 5) is 4.10. The van der Waals surface area contributed by atoms with Crippen molar-refractivity contribution in [1.82, 2.24) is 10.6 Å². The Hall–Kier alpha value is -3.03. The monoisotopic (exact) mass is 379 g/mol. The molecule has 0 bridgehead atoms. The fourth-order valence-corrected chi connectivity index (χ4v) is 2.29. The lowest BCUT2D eigenvalue weighted by Crippen LogP contribution is -2.39. The van der Waals surface area contributed by atoms with Crippen LogP contribution >= 0.6 is 0 Å². The predicted molar refractivity (Wildman–Crippen MR) is 99.8 cm³/mol. The van der Waals surface area contributed by atoms with Crippen LogP contribution in [0.2, 0.25) is 0 Å². The third kappa shape index (κ3) is 7.01. The summed E-state index contributed by atoms with van der Waals surface area (Å²) in [7, 11) is 3.13. The number of guanidine groups is 1. The Morgan fingerprint density at radius 3 is 2.52 bits per heavy atom. The first-order valence-electron chi connectivity index (χ1n) is 8.36. The van der Waals surface area contributed by atoms with Crippen LogP contribution in [-0.2, 0) is 6.54 Å². The van der Waals surface area contributed by atoms with Gasteiger partial charge in [-0.05, 0) is 30.3 Å². The molecule has 0 amide bonds. The van der Waals surface area contributed by atoms with Gasteiger partial charge in [0, 0.05) is 19.2 Å². The van der Waals surface area contributed by atoms with E-state index in [1.807, 2.05) is 30.3 Å². The molecule has 8 heteroatoms. The number of hydrogen-bond acceptors (Lipinski definition) is 4. The number of aliphatic imine (C=N–C) groups is 1. The fourth-order valence-electron chi connectivity index (χ4n) is 2.29. The second-order valence-corrected chi connectivity index (χ2v) is 5.37.